The number of nitrogens with one attached hydrogen (secondary N) is 1. The van der Waals surface area contributed by atoms with Gasteiger partial charge in [-0.25, -0.2) is 0 Å². The van der Waals surface area contributed by atoms with Gasteiger partial charge < -0.3 is 19.5 Å². The van der Waals surface area contributed by atoms with E-state index < -0.39 is 0 Å². The molecule has 2 aromatic carbocycles. The summed E-state index contributed by atoms with van der Waals surface area (Å²) in [5.74, 6) is 2.71. The second kappa shape index (κ2) is 11.3. The molecule has 0 saturated carbocycles. The summed E-state index contributed by atoms with van der Waals surface area (Å²) in [6, 6.07) is 13.2. The van der Waals surface area contributed by atoms with Crippen LogP contribution < -0.4 is 19.5 Å². The summed E-state index contributed by atoms with van der Waals surface area (Å²) in [5, 5.41) is 11.0. The molecular weight excluding hydrogens is 454 g/mol. The van der Waals surface area contributed by atoms with E-state index in [0.29, 0.717) is 17.2 Å². The summed E-state index contributed by atoms with van der Waals surface area (Å²) < 4.78 is 17.3. The highest BCUT2D eigenvalue weighted by Crippen LogP contribution is 2.33. The molecule has 0 spiro atoms. The third kappa shape index (κ3) is 6.78. The maximum Gasteiger partial charge on any atom is 0.237 e. The fraction of sp³-hybridized carbons (Fsp3) is 0.286. The lowest BCUT2D eigenvalue weighted by atomic mass is 10.2. The normalized spacial score (nSPS) is 11.6. The molecule has 1 heterocycles. The molecule has 164 valence electrons. The van der Waals surface area contributed by atoms with Crippen LogP contribution in [0.25, 0.3) is 0 Å². The molecule has 0 aliphatic rings. The van der Waals surface area contributed by atoms with E-state index in [1.807, 2.05) is 31.2 Å². The summed E-state index contributed by atoms with van der Waals surface area (Å²) in [6.45, 7) is 1.84. The van der Waals surface area contributed by atoms with Gasteiger partial charge in [0.05, 0.1) is 26.6 Å². The van der Waals surface area contributed by atoms with Gasteiger partial charge in [-0.05, 0) is 24.6 Å². The average Bonchev–Trinajstić information content (AvgIpc) is 3.24. The van der Waals surface area contributed by atoms with Crippen LogP contribution in [0.5, 0.6) is 17.2 Å². The number of methoxy groups -OCH3 is 3. The van der Waals surface area contributed by atoms with Crippen LogP contribution in [0.2, 0.25) is 0 Å². The first kappa shape index (κ1) is 23.2. The first-order valence-electron chi connectivity index (χ1n) is 9.30. The van der Waals surface area contributed by atoms with Crippen molar-refractivity contribution in [2.75, 3.05) is 26.6 Å². The molecule has 7 nitrogen and oxygen atoms in total. The number of benzene rings is 2. The van der Waals surface area contributed by atoms with Gasteiger partial charge in [0.25, 0.3) is 0 Å². The average molecular weight is 478 g/mol. The van der Waals surface area contributed by atoms with Crippen LogP contribution in [-0.2, 0) is 10.5 Å². The molecule has 0 aliphatic carbocycles. The van der Waals surface area contributed by atoms with Crippen molar-refractivity contribution in [3.05, 3.63) is 48.0 Å². The molecule has 1 N–H and O–H groups in total. The Labute approximate surface area is 193 Å². The Morgan fingerprint density at radius 1 is 0.968 bits per heavy atom. The number of nitrogens with zero attached hydrogens (tertiary/aromatic N) is 2. The minimum absolute atomic E-state index is 0.136. The number of rotatable bonds is 10. The van der Waals surface area contributed by atoms with Gasteiger partial charge in [-0.1, -0.05) is 47.0 Å². The van der Waals surface area contributed by atoms with Gasteiger partial charge >= 0.3 is 0 Å². The van der Waals surface area contributed by atoms with E-state index in [2.05, 4.69) is 15.5 Å². The maximum atomic E-state index is 12.6. The zero-order valence-electron chi connectivity index (χ0n) is 17.6. The number of ether oxygens (including phenoxy) is 3. The summed E-state index contributed by atoms with van der Waals surface area (Å²) in [6.07, 6.45) is 0. The number of thioether (sulfide) groups is 2. The van der Waals surface area contributed by atoms with Gasteiger partial charge in [0.1, 0.15) is 17.2 Å². The quantitative estimate of drug-likeness (QED) is 0.410. The predicted molar refractivity (Wildman–Crippen MR) is 126 cm³/mol. The molecule has 0 radical (unpaired) electrons. The van der Waals surface area contributed by atoms with E-state index in [1.54, 1.807) is 51.3 Å². The van der Waals surface area contributed by atoms with E-state index in [-0.39, 0.29) is 11.2 Å². The Morgan fingerprint density at radius 2 is 1.58 bits per heavy atom. The topological polar surface area (TPSA) is 82.6 Å². The number of amides is 1. The third-order valence-electron chi connectivity index (χ3n) is 4.18. The van der Waals surface area contributed by atoms with Crippen LogP contribution in [0.15, 0.2) is 51.1 Å². The van der Waals surface area contributed by atoms with Gasteiger partial charge in [0.2, 0.25) is 5.91 Å². The van der Waals surface area contributed by atoms with Gasteiger partial charge in [-0.3, -0.25) is 4.79 Å². The lowest BCUT2D eigenvalue weighted by Crippen LogP contribution is -2.22. The molecule has 3 rings (SSSR count). The monoisotopic (exact) mass is 477 g/mol. The molecular formula is C21H23N3O4S3. The van der Waals surface area contributed by atoms with Crippen molar-refractivity contribution in [3.63, 3.8) is 0 Å². The maximum absolute atomic E-state index is 12.6. The highest BCUT2D eigenvalue weighted by atomic mass is 32.2. The van der Waals surface area contributed by atoms with E-state index >= 15 is 0 Å². The first-order chi connectivity index (χ1) is 15.0. The van der Waals surface area contributed by atoms with Gasteiger partial charge in [0, 0.05) is 29.6 Å². The molecule has 1 atom stereocenters. The molecule has 31 heavy (non-hydrogen) atoms. The Morgan fingerprint density at radius 3 is 2.19 bits per heavy atom. The Hall–Kier alpha value is -2.43. The number of anilines is 1. The number of hydrogen-bond donors (Lipinski definition) is 1. The SMILES string of the molecule is COc1ccc(CSc2nnc(SC(C)C(=O)Nc3cc(OC)cc(OC)c3)s2)cc1. The molecule has 1 amide bonds. The molecule has 0 fully saturated rings. The smallest absolute Gasteiger partial charge is 0.237 e. The largest absolute Gasteiger partial charge is 0.497 e. The highest BCUT2D eigenvalue weighted by molar-refractivity contribution is 8.03. The Balaban J connectivity index is 1.54. The minimum Gasteiger partial charge on any atom is -0.497 e. The summed E-state index contributed by atoms with van der Waals surface area (Å²) in [5.41, 5.74) is 1.79. The van der Waals surface area contributed by atoms with Crippen molar-refractivity contribution >= 4 is 46.5 Å². The fourth-order valence-corrected chi connectivity index (χ4v) is 5.62. The summed E-state index contributed by atoms with van der Waals surface area (Å²) >= 11 is 4.48. The van der Waals surface area contributed by atoms with Crippen LogP contribution in [0.1, 0.15) is 12.5 Å². The minimum atomic E-state index is -0.343. The lowest BCUT2D eigenvalue weighted by Gasteiger charge is -2.12. The zero-order chi connectivity index (χ0) is 22.2. The van der Waals surface area contributed by atoms with Crippen LogP contribution in [0.4, 0.5) is 5.69 Å². The van der Waals surface area contributed by atoms with Crippen molar-refractivity contribution < 1.29 is 19.0 Å². The lowest BCUT2D eigenvalue weighted by molar-refractivity contribution is -0.115. The predicted octanol–water partition coefficient (Wildman–Crippen LogP) is 4.98. The highest BCUT2D eigenvalue weighted by Gasteiger charge is 2.18. The standard InChI is InChI=1S/C21H23N3O4S3/c1-13(19(25)22-15-9-17(27-3)11-18(10-15)28-4)30-21-24-23-20(31-21)29-12-14-5-7-16(26-2)8-6-14/h5-11,13H,12H2,1-4H3,(H,22,25). The molecule has 0 bridgehead atoms. The fourth-order valence-electron chi connectivity index (χ4n) is 2.50. The number of carbonyl (C=O) groups is 1. The molecule has 1 unspecified atom stereocenters. The number of hydrogen-bond acceptors (Lipinski definition) is 9. The van der Waals surface area contributed by atoms with Crippen molar-refractivity contribution in [1.82, 2.24) is 10.2 Å². The van der Waals surface area contributed by atoms with Crippen LogP contribution in [-0.4, -0.2) is 42.7 Å². The van der Waals surface area contributed by atoms with Crippen molar-refractivity contribution in [3.8, 4) is 17.2 Å². The first-order valence-corrected chi connectivity index (χ1v) is 12.0. The van der Waals surface area contributed by atoms with Gasteiger partial charge in [0.15, 0.2) is 8.68 Å². The summed E-state index contributed by atoms with van der Waals surface area (Å²) in [4.78, 5) is 12.6. The summed E-state index contributed by atoms with van der Waals surface area (Å²) in [7, 11) is 4.79. The zero-order valence-corrected chi connectivity index (χ0v) is 20.0. The second-order valence-electron chi connectivity index (χ2n) is 6.32. The van der Waals surface area contributed by atoms with Crippen LogP contribution in [0.3, 0.4) is 0 Å². The third-order valence-corrected chi connectivity index (χ3v) is 7.49. The van der Waals surface area contributed by atoms with Crippen LogP contribution >= 0.6 is 34.9 Å². The Kier molecular flexibility index (Phi) is 8.44. The van der Waals surface area contributed by atoms with E-state index in [4.69, 9.17) is 14.2 Å². The van der Waals surface area contributed by atoms with Gasteiger partial charge in [-0.15, -0.1) is 10.2 Å². The van der Waals surface area contributed by atoms with Gasteiger partial charge in [-0.2, -0.15) is 0 Å². The molecule has 3 aromatic rings. The van der Waals surface area contributed by atoms with E-state index in [9.17, 15) is 4.79 Å². The molecule has 10 heteroatoms. The number of carbonyl (C=O) groups excluding carboxylic acids is 1. The Bertz CT molecular complexity index is 989. The molecule has 1 aromatic heterocycles. The van der Waals surface area contributed by atoms with Crippen molar-refractivity contribution in [2.45, 2.75) is 26.6 Å². The van der Waals surface area contributed by atoms with Crippen LogP contribution in [0, 0.1) is 0 Å². The number of aromatic nitrogens is 2. The van der Waals surface area contributed by atoms with Crippen molar-refractivity contribution in [2.24, 2.45) is 0 Å². The second-order valence-corrected chi connectivity index (χ2v) is 10.1. The van der Waals surface area contributed by atoms with E-state index in [0.717, 1.165) is 20.2 Å². The van der Waals surface area contributed by atoms with Crippen molar-refractivity contribution in [1.29, 1.82) is 0 Å². The van der Waals surface area contributed by atoms with E-state index in [1.165, 1.54) is 28.7 Å². The molecule has 0 aliphatic heterocycles. The molecule has 0 saturated heterocycles.